The predicted molar refractivity (Wildman–Crippen MR) is 293 cm³/mol. The van der Waals surface area contributed by atoms with Gasteiger partial charge in [0.1, 0.15) is 13.2 Å². The Morgan fingerprint density at radius 3 is 1.07 bits per heavy atom. The lowest BCUT2D eigenvalue weighted by Crippen LogP contribution is -2.30. The first-order valence-electron chi connectivity index (χ1n) is 27.9. The molecular weight excluding hydrogens is 841 g/mol. The molecule has 0 aliphatic heterocycles. The van der Waals surface area contributed by atoms with Crippen molar-refractivity contribution < 1.29 is 28.6 Å². The molecule has 0 saturated carbocycles. The van der Waals surface area contributed by atoms with E-state index >= 15 is 0 Å². The summed E-state index contributed by atoms with van der Waals surface area (Å²) in [6, 6.07) is 0. The number of esters is 3. The van der Waals surface area contributed by atoms with Crippen LogP contribution in [0.4, 0.5) is 0 Å². The number of unbranched alkanes of at least 4 members (excludes halogenated alkanes) is 21. The van der Waals surface area contributed by atoms with Crippen molar-refractivity contribution >= 4 is 17.9 Å². The molecule has 0 aliphatic carbocycles. The maximum atomic E-state index is 12.8. The summed E-state index contributed by atoms with van der Waals surface area (Å²) in [6.07, 6.45) is 75.2. The number of allylic oxidation sites excluding steroid dienone is 17. The van der Waals surface area contributed by atoms with Crippen molar-refractivity contribution in [3.63, 3.8) is 0 Å². The van der Waals surface area contributed by atoms with Crippen LogP contribution in [0.25, 0.3) is 0 Å². The molecule has 0 aromatic heterocycles. The van der Waals surface area contributed by atoms with E-state index < -0.39 is 12.1 Å². The Kier molecular flexibility index (Phi) is 52.4. The Balaban J connectivity index is 4.53. The topological polar surface area (TPSA) is 78.9 Å². The van der Waals surface area contributed by atoms with Gasteiger partial charge in [0, 0.05) is 12.8 Å². The molecular formula is C62H102O6. The highest BCUT2D eigenvalue weighted by Crippen LogP contribution is 2.13. The van der Waals surface area contributed by atoms with Gasteiger partial charge in [0.2, 0.25) is 0 Å². The van der Waals surface area contributed by atoms with Crippen LogP contribution in [0.2, 0.25) is 0 Å². The van der Waals surface area contributed by atoms with Gasteiger partial charge >= 0.3 is 17.9 Å². The van der Waals surface area contributed by atoms with Crippen molar-refractivity contribution in [2.75, 3.05) is 13.2 Å². The molecule has 0 rings (SSSR count). The predicted octanol–water partition coefficient (Wildman–Crippen LogP) is 18.7. The van der Waals surface area contributed by atoms with Crippen LogP contribution >= 0.6 is 0 Å². The number of hydrogen-bond donors (Lipinski definition) is 0. The van der Waals surface area contributed by atoms with Crippen molar-refractivity contribution in [2.24, 2.45) is 0 Å². The number of rotatable bonds is 49. The summed E-state index contributed by atoms with van der Waals surface area (Å²) in [5.74, 6) is -1.07. The molecule has 0 aromatic rings. The molecule has 1 atom stereocenters. The molecule has 0 heterocycles. The smallest absolute Gasteiger partial charge is 0.309 e. The molecule has 0 fully saturated rings. The molecule has 386 valence electrons. The quantitative estimate of drug-likeness (QED) is 0.0262. The Labute approximate surface area is 419 Å². The first-order valence-corrected chi connectivity index (χ1v) is 27.9. The number of carbonyl (C=O) groups is 3. The third-order valence-corrected chi connectivity index (χ3v) is 11.5. The summed E-state index contributed by atoms with van der Waals surface area (Å²) in [7, 11) is 0. The third kappa shape index (κ3) is 53.0. The molecule has 0 aromatic carbocycles. The Morgan fingerprint density at radius 1 is 0.324 bits per heavy atom. The van der Waals surface area contributed by atoms with Gasteiger partial charge in [-0.1, -0.05) is 226 Å². The highest BCUT2D eigenvalue weighted by Gasteiger charge is 2.19. The summed E-state index contributed by atoms with van der Waals surface area (Å²) < 4.78 is 16.7. The summed E-state index contributed by atoms with van der Waals surface area (Å²) in [6.45, 7) is 6.39. The molecule has 68 heavy (non-hydrogen) atoms. The second-order valence-corrected chi connectivity index (χ2v) is 18.1. The number of carbonyl (C=O) groups excluding carboxylic acids is 3. The van der Waals surface area contributed by atoms with Crippen LogP contribution in [-0.2, 0) is 28.6 Å². The monoisotopic (exact) mass is 943 g/mol. The minimum atomic E-state index is -0.830. The fourth-order valence-corrected chi connectivity index (χ4v) is 7.34. The fraction of sp³-hybridized carbons (Fsp3) is 0.661. The lowest BCUT2D eigenvalue weighted by Gasteiger charge is -2.18. The molecule has 0 N–H and O–H groups in total. The standard InChI is InChI=1S/C62H102O6/c1-4-7-10-13-16-19-22-25-28-30-31-32-35-37-40-43-46-49-52-55-61(64)67-58-59(57-66-60(63)54-51-48-45-42-39-36-33-27-24-21-18-15-12-9-6-3)68-62(65)56-53-50-47-44-41-38-34-29-26-23-20-17-14-11-8-5-2/h9,12,16,18-19,21,25,27-29,31-34,39,42,48,51,59H,4-8,10-11,13-15,17,20,22-24,26,30,35-38,40-41,43-47,49-50,52-58H2,1-3H3/b12-9-,19-16-,21-18-,28-25-,32-31-,33-27-,34-29-,42-39-,51-48-. The summed E-state index contributed by atoms with van der Waals surface area (Å²) >= 11 is 0. The maximum Gasteiger partial charge on any atom is 0.309 e. The minimum absolute atomic E-state index is 0.120. The van der Waals surface area contributed by atoms with E-state index in [-0.39, 0.29) is 31.6 Å². The molecule has 0 radical (unpaired) electrons. The van der Waals surface area contributed by atoms with E-state index in [0.29, 0.717) is 12.8 Å². The van der Waals surface area contributed by atoms with Gasteiger partial charge < -0.3 is 14.2 Å². The van der Waals surface area contributed by atoms with Crippen LogP contribution in [0.1, 0.15) is 245 Å². The molecule has 0 aliphatic rings. The van der Waals surface area contributed by atoms with Gasteiger partial charge in [-0.2, -0.15) is 0 Å². The van der Waals surface area contributed by atoms with Gasteiger partial charge in [0.25, 0.3) is 0 Å². The van der Waals surface area contributed by atoms with E-state index in [1.54, 1.807) is 6.08 Å². The summed E-state index contributed by atoms with van der Waals surface area (Å²) in [5.41, 5.74) is 0. The van der Waals surface area contributed by atoms with Crippen molar-refractivity contribution in [1.82, 2.24) is 0 Å². The van der Waals surface area contributed by atoms with Gasteiger partial charge in [0.05, 0.1) is 6.42 Å². The van der Waals surface area contributed by atoms with Gasteiger partial charge in [-0.15, -0.1) is 0 Å². The van der Waals surface area contributed by atoms with Crippen molar-refractivity contribution in [2.45, 2.75) is 252 Å². The molecule has 6 nitrogen and oxygen atoms in total. The second kappa shape index (κ2) is 55.7. The van der Waals surface area contributed by atoms with Crippen LogP contribution in [0.3, 0.4) is 0 Å². The zero-order chi connectivity index (χ0) is 49.3. The third-order valence-electron chi connectivity index (χ3n) is 11.5. The SMILES string of the molecule is CC/C=C\C/C=C\C/C=C\C/C=C\C/C=C\CC(=O)OCC(COC(=O)CCCCCCCC/C=C\C/C=C\C/C=C\CCCCC)OC(=O)CCCCCCC/C=C\CCCCCCCCC. The van der Waals surface area contributed by atoms with E-state index in [4.69, 9.17) is 14.2 Å². The van der Waals surface area contributed by atoms with Crippen molar-refractivity contribution in [3.05, 3.63) is 109 Å². The molecule has 1 unspecified atom stereocenters. The molecule has 0 saturated heterocycles. The maximum absolute atomic E-state index is 12.8. The van der Waals surface area contributed by atoms with E-state index in [1.165, 1.54) is 96.3 Å². The minimum Gasteiger partial charge on any atom is -0.462 e. The lowest BCUT2D eigenvalue weighted by molar-refractivity contribution is -0.166. The molecule has 0 amide bonds. The van der Waals surface area contributed by atoms with Crippen molar-refractivity contribution in [1.29, 1.82) is 0 Å². The normalized spacial score (nSPS) is 12.9. The first kappa shape index (κ1) is 64.1. The lowest BCUT2D eigenvalue weighted by atomic mass is 10.1. The average Bonchev–Trinajstić information content (AvgIpc) is 3.34. The molecule has 0 spiro atoms. The largest absolute Gasteiger partial charge is 0.462 e. The van der Waals surface area contributed by atoms with Crippen LogP contribution < -0.4 is 0 Å². The van der Waals surface area contributed by atoms with E-state index in [1.807, 2.05) is 6.08 Å². The molecule has 6 heteroatoms. The zero-order valence-corrected chi connectivity index (χ0v) is 44.1. The van der Waals surface area contributed by atoms with Gasteiger partial charge in [-0.25, -0.2) is 0 Å². The fourth-order valence-electron chi connectivity index (χ4n) is 7.34. The van der Waals surface area contributed by atoms with Crippen molar-refractivity contribution in [3.8, 4) is 0 Å². The number of hydrogen-bond acceptors (Lipinski definition) is 6. The van der Waals surface area contributed by atoms with Crippen LogP contribution in [0.15, 0.2) is 109 Å². The van der Waals surface area contributed by atoms with E-state index in [2.05, 4.69) is 118 Å². The summed E-state index contributed by atoms with van der Waals surface area (Å²) in [4.78, 5) is 38.0. The zero-order valence-electron chi connectivity index (χ0n) is 44.1. The van der Waals surface area contributed by atoms with Gasteiger partial charge in [0.15, 0.2) is 6.10 Å². The van der Waals surface area contributed by atoms with E-state index in [0.717, 1.165) is 109 Å². The van der Waals surface area contributed by atoms with Gasteiger partial charge in [-0.05, 0) is 109 Å². The average molecular weight is 943 g/mol. The highest BCUT2D eigenvalue weighted by atomic mass is 16.6. The van der Waals surface area contributed by atoms with Crippen LogP contribution in [0.5, 0.6) is 0 Å². The van der Waals surface area contributed by atoms with Crippen LogP contribution in [-0.4, -0.2) is 37.2 Å². The van der Waals surface area contributed by atoms with E-state index in [9.17, 15) is 14.4 Å². The van der Waals surface area contributed by atoms with Gasteiger partial charge in [-0.3, -0.25) is 14.4 Å². The van der Waals surface area contributed by atoms with Crippen LogP contribution in [0, 0.1) is 0 Å². The Morgan fingerprint density at radius 2 is 0.632 bits per heavy atom. The summed E-state index contributed by atoms with van der Waals surface area (Å²) in [5, 5.41) is 0. The Bertz CT molecular complexity index is 1410. The Hall–Kier alpha value is -3.93. The molecule has 0 bridgehead atoms. The first-order chi connectivity index (χ1) is 33.5. The number of ether oxygens (including phenoxy) is 3. The highest BCUT2D eigenvalue weighted by molar-refractivity contribution is 5.72. The second-order valence-electron chi connectivity index (χ2n) is 18.1.